The first-order chi connectivity index (χ1) is 13.9. The number of rotatable bonds is 4. The van der Waals surface area contributed by atoms with Gasteiger partial charge >= 0.3 is 5.97 Å². The molecule has 1 N–H and O–H groups in total. The lowest BCUT2D eigenvalue weighted by atomic mass is 10.1. The normalized spacial score (nSPS) is 10.9. The van der Waals surface area contributed by atoms with Crippen molar-refractivity contribution in [3.05, 3.63) is 70.4 Å². The maximum atomic E-state index is 12.5. The number of esters is 1. The average Bonchev–Trinajstić information content (AvgIpc) is 3.35. The number of hydrogen-bond acceptors (Lipinski definition) is 6. The number of aryl methyl sites for hydroxylation is 1. The van der Waals surface area contributed by atoms with E-state index in [0.717, 1.165) is 15.8 Å². The SMILES string of the molecule is COC(=O)c1ccc2nc(NC(=O)c3ccc(-c4ccc(C)c(Cl)c4)o3)sc2c1. The van der Waals surface area contributed by atoms with Crippen molar-refractivity contribution in [1.82, 2.24) is 4.98 Å². The van der Waals surface area contributed by atoms with Gasteiger partial charge in [-0.15, -0.1) is 0 Å². The van der Waals surface area contributed by atoms with Gasteiger partial charge in [-0.1, -0.05) is 35.1 Å². The number of furan rings is 1. The second kappa shape index (κ2) is 7.69. The molecule has 0 aliphatic rings. The van der Waals surface area contributed by atoms with Crippen molar-refractivity contribution < 1.29 is 18.7 Å². The van der Waals surface area contributed by atoms with Gasteiger partial charge in [0, 0.05) is 10.6 Å². The predicted octanol–water partition coefficient (Wildman–Crippen LogP) is 5.56. The zero-order chi connectivity index (χ0) is 20.5. The van der Waals surface area contributed by atoms with Crippen molar-refractivity contribution in [2.75, 3.05) is 12.4 Å². The molecule has 29 heavy (non-hydrogen) atoms. The zero-order valence-electron chi connectivity index (χ0n) is 15.5. The molecule has 2 aromatic heterocycles. The molecule has 0 aliphatic heterocycles. The van der Waals surface area contributed by atoms with Gasteiger partial charge < -0.3 is 9.15 Å². The van der Waals surface area contributed by atoms with Gasteiger partial charge in [-0.25, -0.2) is 9.78 Å². The summed E-state index contributed by atoms with van der Waals surface area (Å²) >= 11 is 7.42. The minimum atomic E-state index is -0.426. The highest BCUT2D eigenvalue weighted by Crippen LogP contribution is 2.29. The van der Waals surface area contributed by atoms with Crippen LogP contribution in [-0.4, -0.2) is 24.0 Å². The molecular weight excluding hydrogens is 412 g/mol. The van der Waals surface area contributed by atoms with Crippen molar-refractivity contribution in [1.29, 1.82) is 0 Å². The second-order valence-corrected chi connectivity index (χ2v) is 7.71. The van der Waals surface area contributed by atoms with E-state index in [1.807, 2.05) is 19.1 Å². The van der Waals surface area contributed by atoms with E-state index >= 15 is 0 Å². The molecule has 0 bridgehead atoms. The molecule has 146 valence electrons. The highest BCUT2D eigenvalue weighted by molar-refractivity contribution is 7.22. The Morgan fingerprint density at radius 2 is 1.97 bits per heavy atom. The van der Waals surface area contributed by atoms with Gasteiger partial charge in [-0.3, -0.25) is 10.1 Å². The van der Waals surface area contributed by atoms with Crippen LogP contribution in [0.1, 0.15) is 26.5 Å². The Labute approximate surface area is 175 Å². The highest BCUT2D eigenvalue weighted by atomic mass is 35.5. The molecule has 2 heterocycles. The van der Waals surface area contributed by atoms with Crippen LogP contribution < -0.4 is 5.32 Å². The molecule has 0 saturated carbocycles. The monoisotopic (exact) mass is 426 g/mol. The third-order valence-corrected chi connectivity index (χ3v) is 5.66. The number of nitrogens with one attached hydrogen (secondary N) is 1. The summed E-state index contributed by atoms with van der Waals surface area (Å²) in [6.07, 6.45) is 0. The number of anilines is 1. The van der Waals surface area contributed by atoms with Crippen molar-refractivity contribution in [3.63, 3.8) is 0 Å². The van der Waals surface area contributed by atoms with Crippen LogP contribution in [0.3, 0.4) is 0 Å². The standard InChI is InChI=1S/C21H15ClN2O4S/c1-11-3-4-12(9-14(11)22)16-7-8-17(28-16)19(25)24-21-23-15-6-5-13(20(26)27-2)10-18(15)29-21/h3-10H,1-2H3,(H,23,24,25). The van der Waals surface area contributed by atoms with Crippen LogP contribution in [0, 0.1) is 6.92 Å². The van der Waals surface area contributed by atoms with Crippen LogP contribution in [0.2, 0.25) is 5.02 Å². The quantitative estimate of drug-likeness (QED) is 0.432. The zero-order valence-corrected chi connectivity index (χ0v) is 17.1. The molecule has 0 unspecified atom stereocenters. The van der Waals surface area contributed by atoms with E-state index in [4.69, 9.17) is 20.8 Å². The summed E-state index contributed by atoms with van der Waals surface area (Å²) in [5, 5.41) is 3.76. The van der Waals surface area contributed by atoms with Crippen LogP contribution in [0.5, 0.6) is 0 Å². The fourth-order valence-electron chi connectivity index (χ4n) is 2.74. The van der Waals surface area contributed by atoms with Crippen LogP contribution >= 0.6 is 22.9 Å². The number of benzene rings is 2. The fraction of sp³-hybridized carbons (Fsp3) is 0.0952. The van der Waals surface area contributed by atoms with E-state index in [1.165, 1.54) is 18.4 Å². The molecule has 8 heteroatoms. The van der Waals surface area contributed by atoms with Crippen molar-refractivity contribution in [2.24, 2.45) is 0 Å². The molecule has 0 atom stereocenters. The Bertz CT molecular complexity index is 1240. The molecule has 0 radical (unpaired) electrons. The summed E-state index contributed by atoms with van der Waals surface area (Å²) in [6, 6.07) is 13.9. The summed E-state index contributed by atoms with van der Waals surface area (Å²) in [5.41, 5.74) is 2.85. The van der Waals surface area contributed by atoms with E-state index in [9.17, 15) is 9.59 Å². The molecular formula is C21H15ClN2O4S. The first-order valence-electron chi connectivity index (χ1n) is 8.61. The Kier molecular flexibility index (Phi) is 5.08. The topological polar surface area (TPSA) is 81.4 Å². The number of halogens is 1. The van der Waals surface area contributed by atoms with E-state index in [1.54, 1.807) is 36.4 Å². The van der Waals surface area contributed by atoms with Gasteiger partial charge in [0.1, 0.15) is 5.76 Å². The number of nitrogens with zero attached hydrogens (tertiary/aromatic N) is 1. The first kappa shape index (κ1) is 19.2. The molecule has 4 aromatic rings. The lowest BCUT2D eigenvalue weighted by molar-refractivity contribution is 0.0601. The summed E-state index contributed by atoms with van der Waals surface area (Å²) < 4.78 is 11.2. The number of methoxy groups -OCH3 is 1. The molecule has 0 aliphatic carbocycles. The lowest BCUT2D eigenvalue weighted by Crippen LogP contribution is -2.10. The van der Waals surface area contributed by atoms with E-state index in [2.05, 4.69) is 10.3 Å². The van der Waals surface area contributed by atoms with Crippen LogP contribution in [0.4, 0.5) is 5.13 Å². The number of carbonyl (C=O) groups excluding carboxylic acids is 2. The van der Waals surface area contributed by atoms with Crippen molar-refractivity contribution in [3.8, 4) is 11.3 Å². The second-order valence-electron chi connectivity index (χ2n) is 6.28. The molecule has 0 saturated heterocycles. The first-order valence-corrected chi connectivity index (χ1v) is 9.80. The number of aromatic nitrogens is 1. The van der Waals surface area contributed by atoms with E-state index in [0.29, 0.717) is 27.0 Å². The minimum absolute atomic E-state index is 0.159. The number of ether oxygens (including phenoxy) is 1. The summed E-state index contributed by atoms with van der Waals surface area (Å²) in [7, 11) is 1.33. The number of amides is 1. The van der Waals surface area contributed by atoms with Crippen molar-refractivity contribution in [2.45, 2.75) is 6.92 Å². The molecule has 0 spiro atoms. The Morgan fingerprint density at radius 3 is 2.72 bits per heavy atom. The van der Waals surface area contributed by atoms with Gasteiger partial charge in [0.05, 0.1) is 22.9 Å². The molecule has 1 amide bonds. The van der Waals surface area contributed by atoms with Gasteiger partial charge in [-0.2, -0.15) is 0 Å². The number of fused-ring (bicyclic) bond motifs is 1. The predicted molar refractivity (Wildman–Crippen MR) is 113 cm³/mol. The van der Waals surface area contributed by atoms with Gasteiger partial charge in [0.25, 0.3) is 5.91 Å². The van der Waals surface area contributed by atoms with Gasteiger partial charge in [-0.05, 0) is 48.9 Å². The molecule has 0 fully saturated rings. The smallest absolute Gasteiger partial charge is 0.337 e. The van der Waals surface area contributed by atoms with Gasteiger partial charge in [0.2, 0.25) is 0 Å². The van der Waals surface area contributed by atoms with Crippen LogP contribution in [-0.2, 0) is 4.74 Å². The summed E-state index contributed by atoms with van der Waals surface area (Å²) in [5.74, 6) is -0.137. The Balaban J connectivity index is 1.54. The third kappa shape index (κ3) is 3.87. The molecule has 2 aromatic carbocycles. The van der Waals surface area contributed by atoms with E-state index < -0.39 is 11.9 Å². The summed E-state index contributed by atoms with van der Waals surface area (Å²) in [4.78, 5) is 28.6. The lowest BCUT2D eigenvalue weighted by Gasteiger charge is -2.01. The highest BCUT2D eigenvalue weighted by Gasteiger charge is 2.16. The number of hydrogen-bond donors (Lipinski definition) is 1. The average molecular weight is 427 g/mol. The van der Waals surface area contributed by atoms with Crippen molar-refractivity contribution >= 4 is 50.2 Å². The molecule has 6 nitrogen and oxygen atoms in total. The van der Waals surface area contributed by atoms with Crippen LogP contribution in [0.15, 0.2) is 52.9 Å². The fourth-order valence-corrected chi connectivity index (χ4v) is 3.82. The summed E-state index contributed by atoms with van der Waals surface area (Å²) in [6.45, 7) is 1.92. The largest absolute Gasteiger partial charge is 0.465 e. The third-order valence-electron chi connectivity index (χ3n) is 4.32. The van der Waals surface area contributed by atoms with Crippen LogP contribution in [0.25, 0.3) is 21.5 Å². The minimum Gasteiger partial charge on any atom is -0.465 e. The number of thiazole rings is 1. The van der Waals surface area contributed by atoms with Gasteiger partial charge in [0.15, 0.2) is 10.9 Å². The number of carbonyl (C=O) groups is 2. The van der Waals surface area contributed by atoms with E-state index in [-0.39, 0.29) is 5.76 Å². The maximum Gasteiger partial charge on any atom is 0.337 e. The Hall–Kier alpha value is -3.16. The maximum absolute atomic E-state index is 12.5. The Morgan fingerprint density at radius 1 is 1.14 bits per heavy atom. The molecule has 4 rings (SSSR count).